The summed E-state index contributed by atoms with van der Waals surface area (Å²) in [5, 5.41) is 16.8. The average Bonchev–Trinajstić information content (AvgIpc) is 2.99. The third-order valence-electron chi connectivity index (χ3n) is 2.80. The van der Waals surface area contributed by atoms with Gasteiger partial charge in [-0.05, 0) is 17.7 Å². The summed E-state index contributed by atoms with van der Waals surface area (Å²) < 4.78 is 6.19. The highest BCUT2D eigenvalue weighted by Gasteiger charge is 2.06. The van der Waals surface area contributed by atoms with E-state index >= 15 is 0 Å². The number of rotatable bonds is 5. The molecule has 1 heterocycles. The molecule has 0 unspecified atom stereocenters. The van der Waals surface area contributed by atoms with Crippen LogP contribution < -0.4 is 0 Å². The van der Waals surface area contributed by atoms with Gasteiger partial charge in [-0.3, -0.25) is 0 Å². The molecule has 22 heavy (non-hydrogen) atoms. The van der Waals surface area contributed by atoms with Gasteiger partial charge in [-0.2, -0.15) is 5.26 Å². The van der Waals surface area contributed by atoms with E-state index in [9.17, 15) is 4.79 Å². The summed E-state index contributed by atoms with van der Waals surface area (Å²) in [6.07, 6.45) is 6.38. The van der Waals surface area contributed by atoms with E-state index in [0.29, 0.717) is 12.2 Å². The van der Waals surface area contributed by atoms with Crippen LogP contribution in [0.3, 0.4) is 0 Å². The minimum Gasteiger partial charge on any atom is -0.465 e. The monoisotopic (exact) mass is 294 g/mol. The van der Waals surface area contributed by atoms with E-state index in [1.54, 1.807) is 29.1 Å². The van der Waals surface area contributed by atoms with Gasteiger partial charge in [0.25, 0.3) is 0 Å². The summed E-state index contributed by atoms with van der Waals surface area (Å²) in [5.41, 5.74) is 1.69. The van der Waals surface area contributed by atoms with Gasteiger partial charge in [-0.25, -0.2) is 9.48 Å². The molecule has 6 nitrogen and oxygen atoms in total. The van der Waals surface area contributed by atoms with Gasteiger partial charge in [0.2, 0.25) is 0 Å². The second-order valence-corrected chi connectivity index (χ2v) is 4.37. The predicted molar refractivity (Wildman–Crippen MR) is 80.3 cm³/mol. The molecule has 0 fully saturated rings. The van der Waals surface area contributed by atoms with Crippen molar-refractivity contribution in [1.29, 1.82) is 5.26 Å². The van der Waals surface area contributed by atoms with Crippen molar-refractivity contribution in [2.75, 3.05) is 7.11 Å². The first-order valence-corrected chi connectivity index (χ1v) is 6.54. The minimum atomic E-state index is -0.667. The Bertz CT molecular complexity index is 739. The molecule has 2 aromatic rings. The highest BCUT2D eigenvalue weighted by Crippen LogP contribution is 2.04. The first-order chi connectivity index (χ1) is 10.7. The summed E-state index contributed by atoms with van der Waals surface area (Å²) in [4.78, 5) is 11.2. The molecule has 0 saturated carbocycles. The van der Waals surface area contributed by atoms with Crippen LogP contribution in [0.5, 0.6) is 0 Å². The van der Waals surface area contributed by atoms with Crippen molar-refractivity contribution in [1.82, 2.24) is 15.0 Å². The molecular formula is C16H14N4O2. The Hall–Kier alpha value is -3.20. The van der Waals surface area contributed by atoms with E-state index in [-0.39, 0.29) is 5.57 Å². The van der Waals surface area contributed by atoms with Crippen molar-refractivity contribution in [3.63, 3.8) is 0 Å². The summed E-state index contributed by atoms with van der Waals surface area (Å²) >= 11 is 0. The highest BCUT2D eigenvalue weighted by molar-refractivity contribution is 5.93. The van der Waals surface area contributed by atoms with Crippen molar-refractivity contribution in [3.8, 4) is 6.07 Å². The zero-order valence-corrected chi connectivity index (χ0v) is 12.0. The maximum absolute atomic E-state index is 11.2. The molecule has 0 aliphatic rings. The molecule has 2 rings (SSSR count). The van der Waals surface area contributed by atoms with E-state index in [1.165, 1.54) is 13.2 Å². The number of ether oxygens (including phenoxy) is 1. The van der Waals surface area contributed by atoms with Crippen molar-refractivity contribution in [2.45, 2.75) is 6.54 Å². The van der Waals surface area contributed by atoms with Crippen LogP contribution in [0, 0.1) is 11.3 Å². The molecule has 1 aromatic heterocycles. The number of nitrogens with zero attached hydrogens (tertiary/aromatic N) is 4. The van der Waals surface area contributed by atoms with E-state index in [1.807, 2.05) is 30.3 Å². The SMILES string of the molecule is COC(=O)/C(C#N)=C/C=C/c1cn(Cc2ccccc2)nn1. The number of nitriles is 1. The third-order valence-corrected chi connectivity index (χ3v) is 2.80. The minimum absolute atomic E-state index is 0.0737. The first kappa shape index (κ1) is 15.2. The second kappa shape index (κ2) is 7.55. The predicted octanol–water partition coefficient (Wildman–Crippen LogP) is 1.96. The number of carbonyl (C=O) groups is 1. The Labute approximate surface area is 127 Å². The van der Waals surface area contributed by atoms with Crippen LogP contribution in [0.15, 0.2) is 54.3 Å². The highest BCUT2D eigenvalue weighted by atomic mass is 16.5. The molecule has 1 aromatic carbocycles. The standard InChI is InChI=1S/C16H14N4O2/c1-22-16(21)14(10-17)8-5-9-15-12-20(19-18-15)11-13-6-3-2-4-7-13/h2-9,12H,11H2,1H3/b9-5+,14-8+. The number of esters is 1. The molecule has 0 radical (unpaired) electrons. The lowest BCUT2D eigenvalue weighted by atomic mass is 10.2. The number of hydrogen-bond donors (Lipinski definition) is 0. The van der Waals surface area contributed by atoms with Gasteiger partial charge in [0.1, 0.15) is 17.3 Å². The van der Waals surface area contributed by atoms with Crippen LogP contribution in [-0.2, 0) is 16.1 Å². The summed E-state index contributed by atoms with van der Waals surface area (Å²) in [6.45, 7) is 0.628. The van der Waals surface area contributed by atoms with E-state index in [2.05, 4.69) is 15.0 Å². The van der Waals surface area contributed by atoms with Gasteiger partial charge in [-0.1, -0.05) is 41.6 Å². The van der Waals surface area contributed by atoms with Gasteiger partial charge in [0, 0.05) is 0 Å². The Morgan fingerprint density at radius 3 is 2.86 bits per heavy atom. The molecule has 0 aliphatic heterocycles. The molecule has 0 N–H and O–H groups in total. The van der Waals surface area contributed by atoms with E-state index in [0.717, 1.165) is 5.56 Å². The maximum atomic E-state index is 11.2. The Morgan fingerprint density at radius 1 is 1.41 bits per heavy atom. The number of benzene rings is 1. The fourth-order valence-corrected chi connectivity index (χ4v) is 1.74. The Balaban J connectivity index is 2.03. The molecule has 0 saturated heterocycles. The van der Waals surface area contributed by atoms with Gasteiger partial charge in [-0.15, -0.1) is 5.10 Å². The lowest BCUT2D eigenvalue weighted by molar-refractivity contribution is -0.135. The zero-order chi connectivity index (χ0) is 15.8. The quantitative estimate of drug-likeness (QED) is 0.364. The number of aromatic nitrogens is 3. The van der Waals surface area contributed by atoms with Crippen molar-refractivity contribution in [3.05, 3.63) is 65.5 Å². The smallest absolute Gasteiger partial charge is 0.348 e. The normalized spacial score (nSPS) is 11.4. The lowest BCUT2D eigenvalue weighted by Crippen LogP contribution is -2.02. The molecular weight excluding hydrogens is 280 g/mol. The number of methoxy groups -OCH3 is 1. The van der Waals surface area contributed by atoms with Crippen LogP contribution >= 0.6 is 0 Å². The van der Waals surface area contributed by atoms with Crippen LogP contribution in [0.25, 0.3) is 6.08 Å². The third kappa shape index (κ3) is 4.15. The van der Waals surface area contributed by atoms with E-state index in [4.69, 9.17) is 5.26 Å². The lowest BCUT2D eigenvalue weighted by Gasteiger charge is -1.98. The Kier molecular flexibility index (Phi) is 5.21. The zero-order valence-electron chi connectivity index (χ0n) is 12.0. The van der Waals surface area contributed by atoms with Gasteiger partial charge in [0.15, 0.2) is 0 Å². The Morgan fingerprint density at radius 2 is 2.18 bits per heavy atom. The molecule has 0 atom stereocenters. The fraction of sp³-hybridized carbons (Fsp3) is 0.125. The molecule has 0 aliphatic carbocycles. The maximum Gasteiger partial charge on any atom is 0.348 e. The molecule has 110 valence electrons. The molecule has 6 heteroatoms. The van der Waals surface area contributed by atoms with Gasteiger partial charge >= 0.3 is 5.97 Å². The molecule has 0 spiro atoms. The van der Waals surface area contributed by atoms with Crippen molar-refractivity contribution in [2.24, 2.45) is 0 Å². The van der Waals surface area contributed by atoms with Gasteiger partial charge in [0.05, 0.1) is 19.9 Å². The molecule has 0 amide bonds. The molecule has 0 bridgehead atoms. The second-order valence-electron chi connectivity index (χ2n) is 4.37. The summed E-state index contributed by atoms with van der Waals surface area (Å²) in [5.74, 6) is -0.667. The first-order valence-electron chi connectivity index (χ1n) is 6.54. The average molecular weight is 294 g/mol. The van der Waals surface area contributed by atoms with Crippen molar-refractivity contribution >= 4 is 12.0 Å². The van der Waals surface area contributed by atoms with Crippen LogP contribution in [-0.4, -0.2) is 28.1 Å². The van der Waals surface area contributed by atoms with Crippen molar-refractivity contribution < 1.29 is 9.53 Å². The van der Waals surface area contributed by atoms with Gasteiger partial charge < -0.3 is 4.74 Å². The number of hydrogen-bond acceptors (Lipinski definition) is 5. The van der Waals surface area contributed by atoms with Crippen LogP contribution in [0.4, 0.5) is 0 Å². The number of carbonyl (C=O) groups excluding carboxylic acids is 1. The van der Waals surface area contributed by atoms with Crippen LogP contribution in [0.2, 0.25) is 0 Å². The summed E-state index contributed by atoms with van der Waals surface area (Å²) in [7, 11) is 1.23. The van der Waals surface area contributed by atoms with E-state index < -0.39 is 5.97 Å². The fourth-order valence-electron chi connectivity index (χ4n) is 1.74. The topological polar surface area (TPSA) is 80.8 Å². The number of allylic oxidation sites excluding steroid dienone is 2. The summed E-state index contributed by atoms with van der Waals surface area (Å²) in [6, 6.07) is 11.7. The largest absolute Gasteiger partial charge is 0.465 e. The van der Waals surface area contributed by atoms with Crippen LogP contribution in [0.1, 0.15) is 11.3 Å².